The molecule has 1 atom stereocenters. The molecule has 21 heavy (non-hydrogen) atoms. The van der Waals surface area contributed by atoms with Crippen LogP contribution in [0.4, 0.5) is 10.1 Å². The maximum absolute atomic E-state index is 14.3. The van der Waals surface area contributed by atoms with Crippen LogP contribution >= 0.6 is 11.6 Å². The lowest BCUT2D eigenvalue weighted by atomic mass is 10.0. The number of halogens is 2. The van der Waals surface area contributed by atoms with Crippen molar-refractivity contribution in [1.29, 1.82) is 0 Å². The van der Waals surface area contributed by atoms with Gasteiger partial charge in [0.1, 0.15) is 5.82 Å². The summed E-state index contributed by atoms with van der Waals surface area (Å²) in [5, 5.41) is 3.79. The quantitative estimate of drug-likeness (QED) is 0.881. The van der Waals surface area contributed by atoms with Crippen LogP contribution in [0.15, 0.2) is 42.5 Å². The van der Waals surface area contributed by atoms with Gasteiger partial charge >= 0.3 is 0 Å². The average molecular weight is 307 g/mol. The third-order valence-corrected chi connectivity index (χ3v) is 3.98. The van der Waals surface area contributed by atoms with E-state index in [2.05, 4.69) is 12.2 Å². The Balaban J connectivity index is 2.34. The van der Waals surface area contributed by atoms with E-state index in [0.717, 1.165) is 11.1 Å². The summed E-state index contributed by atoms with van der Waals surface area (Å²) in [5.41, 5.74) is 2.68. The van der Waals surface area contributed by atoms with Gasteiger partial charge in [-0.15, -0.1) is 0 Å². The average Bonchev–Trinajstić information content (AvgIpc) is 2.47. The molecule has 0 aliphatic rings. The molecular formula is C17H20ClFN2. The molecule has 2 nitrogen and oxygen atoms in total. The molecule has 0 spiro atoms. The molecule has 0 aliphatic heterocycles. The highest BCUT2D eigenvalue weighted by atomic mass is 35.5. The van der Waals surface area contributed by atoms with Crippen LogP contribution in [0, 0.1) is 5.82 Å². The number of hydrogen-bond acceptors (Lipinski definition) is 2. The summed E-state index contributed by atoms with van der Waals surface area (Å²) in [5.74, 6) is -0.203. The van der Waals surface area contributed by atoms with Gasteiger partial charge in [-0.05, 0) is 43.3 Å². The SMILES string of the molecule is CNCc1cccc(F)c1N(C)C(C)c1ccc(Cl)cc1. The number of nitrogens with one attached hydrogen (secondary N) is 1. The lowest BCUT2D eigenvalue weighted by Crippen LogP contribution is -2.25. The Morgan fingerprint density at radius 1 is 1.19 bits per heavy atom. The number of rotatable bonds is 5. The molecule has 0 saturated heterocycles. The van der Waals surface area contributed by atoms with Crippen LogP contribution in [-0.2, 0) is 6.54 Å². The van der Waals surface area contributed by atoms with Crippen LogP contribution < -0.4 is 10.2 Å². The van der Waals surface area contributed by atoms with Crippen molar-refractivity contribution in [2.45, 2.75) is 19.5 Å². The molecule has 0 heterocycles. The number of hydrogen-bond donors (Lipinski definition) is 1. The van der Waals surface area contributed by atoms with E-state index in [0.29, 0.717) is 17.3 Å². The van der Waals surface area contributed by atoms with Crippen molar-refractivity contribution in [1.82, 2.24) is 5.32 Å². The van der Waals surface area contributed by atoms with E-state index >= 15 is 0 Å². The Bertz CT molecular complexity index is 598. The van der Waals surface area contributed by atoms with Crippen LogP contribution in [0.1, 0.15) is 24.1 Å². The molecule has 0 aliphatic carbocycles. The minimum absolute atomic E-state index is 0.0507. The van der Waals surface area contributed by atoms with Crippen LogP contribution in [0.25, 0.3) is 0 Å². The van der Waals surface area contributed by atoms with Gasteiger partial charge in [-0.3, -0.25) is 0 Å². The molecule has 0 fully saturated rings. The van der Waals surface area contributed by atoms with Gasteiger partial charge in [0.2, 0.25) is 0 Å². The number of anilines is 1. The molecule has 1 unspecified atom stereocenters. The van der Waals surface area contributed by atoms with Gasteiger partial charge in [-0.1, -0.05) is 35.9 Å². The van der Waals surface area contributed by atoms with Gasteiger partial charge in [0.25, 0.3) is 0 Å². The second-order valence-corrected chi connectivity index (χ2v) is 5.55. The molecule has 0 amide bonds. The first-order valence-electron chi connectivity index (χ1n) is 6.95. The monoisotopic (exact) mass is 306 g/mol. The van der Waals surface area contributed by atoms with E-state index in [4.69, 9.17) is 11.6 Å². The third kappa shape index (κ3) is 3.55. The molecule has 2 aromatic carbocycles. The molecule has 4 heteroatoms. The first kappa shape index (κ1) is 15.8. The Kier molecular flexibility index (Phi) is 5.21. The maximum atomic E-state index is 14.3. The van der Waals surface area contributed by atoms with Gasteiger partial charge in [0, 0.05) is 18.6 Å². The smallest absolute Gasteiger partial charge is 0.146 e. The van der Waals surface area contributed by atoms with E-state index < -0.39 is 0 Å². The van der Waals surface area contributed by atoms with Crippen molar-refractivity contribution in [3.8, 4) is 0 Å². The van der Waals surface area contributed by atoms with Crippen LogP contribution in [0.5, 0.6) is 0 Å². The largest absolute Gasteiger partial charge is 0.365 e. The van der Waals surface area contributed by atoms with Crippen molar-refractivity contribution in [3.05, 3.63) is 64.4 Å². The lowest BCUT2D eigenvalue weighted by Gasteiger charge is -2.30. The van der Waals surface area contributed by atoms with Gasteiger partial charge < -0.3 is 10.2 Å². The molecule has 0 radical (unpaired) electrons. The maximum Gasteiger partial charge on any atom is 0.146 e. The van der Waals surface area contributed by atoms with Crippen LogP contribution in [0.3, 0.4) is 0 Å². The van der Waals surface area contributed by atoms with E-state index in [9.17, 15) is 4.39 Å². The van der Waals surface area contributed by atoms with Crippen molar-refractivity contribution in [2.24, 2.45) is 0 Å². The fraction of sp³-hybridized carbons (Fsp3) is 0.294. The molecule has 0 bridgehead atoms. The molecule has 112 valence electrons. The second kappa shape index (κ2) is 6.92. The fourth-order valence-electron chi connectivity index (χ4n) is 2.45. The normalized spacial score (nSPS) is 12.2. The summed E-state index contributed by atoms with van der Waals surface area (Å²) in [4.78, 5) is 1.96. The number of para-hydroxylation sites is 1. The zero-order chi connectivity index (χ0) is 15.4. The molecule has 2 rings (SSSR count). The van der Waals surface area contributed by atoms with Gasteiger partial charge in [0.15, 0.2) is 0 Å². The van der Waals surface area contributed by atoms with E-state index in [-0.39, 0.29) is 11.9 Å². The second-order valence-electron chi connectivity index (χ2n) is 5.12. The third-order valence-electron chi connectivity index (χ3n) is 3.72. The van der Waals surface area contributed by atoms with Crippen LogP contribution in [0.2, 0.25) is 5.02 Å². The summed E-state index contributed by atoms with van der Waals surface area (Å²) >= 11 is 5.92. The first-order chi connectivity index (χ1) is 10.0. The Hall–Kier alpha value is -1.58. The zero-order valence-electron chi connectivity index (χ0n) is 12.5. The molecular weight excluding hydrogens is 287 g/mol. The van der Waals surface area contributed by atoms with E-state index in [1.54, 1.807) is 6.07 Å². The van der Waals surface area contributed by atoms with Crippen molar-refractivity contribution >= 4 is 17.3 Å². The van der Waals surface area contributed by atoms with Gasteiger partial charge in [-0.25, -0.2) is 4.39 Å². The molecule has 1 N–H and O–H groups in total. The highest BCUT2D eigenvalue weighted by molar-refractivity contribution is 6.30. The van der Waals surface area contributed by atoms with E-state index in [1.165, 1.54) is 6.07 Å². The standard InChI is InChI=1S/C17H20ClFN2/c1-12(13-7-9-15(18)10-8-13)21(3)17-14(11-20-2)5-4-6-16(17)19/h4-10,12,20H,11H2,1-3H3. The summed E-state index contributed by atoms with van der Waals surface area (Å²) in [7, 11) is 3.77. The Morgan fingerprint density at radius 3 is 2.48 bits per heavy atom. The minimum Gasteiger partial charge on any atom is -0.365 e. The van der Waals surface area contributed by atoms with Crippen molar-refractivity contribution in [2.75, 3.05) is 19.0 Å². The van der Waals surface area contributed by atoms with Crippen LogP contribution in [-0.4, -0.2) is 14.1 Å². The summed E-state index contributed by atoms with van der Waals surface area (Å²) in [6.07, 6.45) is 0. The predicted octanol–water partition coefficient (Wildman–Crippen LogP) is 4.40. The zero-order valence-corrected chi connectivity index (χ0v) is 13.3. The Labute approximate surface area is 130 Å². The fourth-order valence-corrected chi connectivity index (χ4v) is 2.57. The molecule has 0 aromatic heterocycles. The highest BCUT2D eigenvalue weighted by Crippen LogP contribution is 2.31. The van der Waals surface area contributed by atoms with Gasteiger partial charge in [0.05, 0.1) is 11.7 Å². The Morgan fingerprint density at radius 2 is 1.86 bits per heavy atom. The lowest BCUT2D eigenvalue weighted by molar-refractivity contribution is 0.606. The highest BCUT2D eigenvalue weighted by Gasteiger charge is 2.18. The number of nitrogens with zero attached hydrogens (tertiary/aromatic N) is 1. The van der Waals surface area contributed by atoms with Crippen molar-refractivity contribution < 1.29 is 4.39 Å². The van der Waals surface area contributed by atoms with Gasteiger partial charge in [-0.2, -0.15) is 0 Å². The van der Waals surface area contributed by atoms with E-state index in [1.807, 2.05) is 49.3 Å². The molecule has 0 saturated carbocycles. The topological polar surface area (TPSA) is 15.3 Å². The first-order valence-corrected chi connectivity index (χ1v) is 7.32. The molecule has 2 aromatic rings. The summed E-state index contributed by atoms with van der Waals surface area (Å²) < 4.78 is 14.3. The summed E-state index contributed by atoms with van der Waals surface area (Å²) in [6, 6.07) is 12.9. The van der Waals surface area contributed by atoms with Crippen molar-refractivity contribution in [3.63, 3.8) is 0 Å². The predicted molar refractivity (Wildman–Crippen MR) is 87.4 cm³/mol. The minimum atomic E-state index is -0.203. The summed E-state index contributed by atoms with van der Waals surface area (Å²) in [6.45, 7) is 2.68. The number of benzene rings is 2.